The van der Waals surface area contributed by atoms with Crippen LogP contribution in [0.25, 0.3) is 0 Å². The maximum Gasteiger partial charge on any atom is 0.247 e. The Hall–Kier alpha value is -1.67. The highest BCUT2D eigenvalue weighted by atomic mass is 32.2. The standard InChI is InChI=1S/C11H15N3O4S/c15-10-4-3-9(7-12-10)19(17,18)13-8-11(16)14-5-1-2-6-14/h3-4,7,13H,1-2,5-6,8H2,(H,12,15). The number of nitrogens with zero attached hydrogens (tertiary/aromatic N) is 1. The number of hydrogen-bond donors (Lipinski definition) is 2. The van der Waals surface area contributed by atoms with Crippen molar-refractivity contribution >= 4 is 15.9 Å². The zero-order valence-corrected chi connectivity index (χ0v) is 11.1. The predicted octanol–water partition coefficient (Wildman–Crippen LogP) is -0.724. The first-order valence-electron chi connectivity index (χ1n) is 5.95. The van der Waals surface area contributed by atoms with Crippen molar-refractivity contribution in [2.75, 3.05) is 19.6 Å². The Kier molecular flexibility index (Phi) is 4.01. The number of aromatic amines is 1. The van der Waals surface area contributed by atoms with Crippen molar-refractivity contribution in [2.24, 2.45) is 0 Å². The van der Waals surface area contributed by atoms with Crippen LogP contribution >= 0.6 is 0 Å². The summed E-state index contributed by atoms with van der Waals surface area (Å²) >= 11 is 0. The van der Waals surface area contributed by atoms with Gasteiger partial charge in [0.1, 0.15) is 0 Å². The first-order chi connectivity index (χ1) is 8.99. The van der Waals surface area contributed by atoms with Crippen molar-refractivity contribution in [1.29, 1.82) is 0 Å². The van der Waals surface area contributed by atoms with Gasteiger partial charge in [-0.1, -0.05) is 0 Å². The van der Waals surface area contributed by atoms with Crippen molar-refractivity contribution in [1.82, 2.24) is 14.6 Å². The normalized spacial score (nSPS) is 15.7. The van der Waals surface area contributed by atoms with Gasteiger partial charge >= 0.3 is 0 Å². The minimum absolute atomic E-state index is 0.0682. The molecule has 0 radical (unpaired) electrons. The summed E-state index contributed by atoms with van der Waals surface area (Å²) in [6, 6.07) is 2.32. The van der Waals surface area contributed by atoms with E-state index in [1.54, 1.807) is 4.90 Å². The van der Waals surface area contributed by atoms with Crippen LogP contribution in [0.15, 0.2) is 28.0 Å². The third-order valence-electron chi connectivity index (χ3n) is 2.94. The second kappa shape index (κ2) is 5.54. The molecule has 0 atom stereocenters. The molecule has 0 unspecified atom stereocenters. The van der Waals surface area contributed by atoms with Gasteiger partial charge in [0.25, 0.3) is 0 Å². The number of pyridine rings is 1. The summed E-state index contributed by atoms with van der Waals surface area (Å²) < 4.78 is 25.9. The molecule has 0 bridgehead atoms. The first kappa shape index (κ1) is 13.8. The lowest BCUT2D eigenvalue weighted by molar-refractivity contribution is -0.128. The van der Waals surface area contributed by atoms with Crippen molar-refractivity contribution in [3.63, 3.8) is 0 Å². The molecule has 1 aliphatic heterocycles. The molecule has 1 aromatic heterocycles. The van der Waals surface area contributed by atoms with Gasteiger partial charge in [0, 0.05) is 25.4 Å². The molecule has 19 heavy (non-hydrogen) atoms. The highest BCUT2D eigenvalue weighted by molar-refractivity contribution is 7.89. The Morgan fingerprint density at radius 1 is 1.32 bits per heavy atom. The van der Waals surface area contributed by atoms with Crippen molar-refractivity contribution in [3.05, 3.63) is 28.7 Å². The molecule has 8 heteroatoms. The maximum absolute atomic E-state index is 11.9. The average molecular weight is 285 g/mol. The minimum atomic E-state index is -3.77. The van der Waals surface area contributed by atoms with Crippen molar-refractivity contribution < 1.29 is 13.2 Å². The molecule has 1 aliphatic rings. The van der Waals surface area contributed by atoms with Crippen LogP contribution in [0.1, 0.15) is 12.8 Å². The lowest BCUT2D eigenvalue weighted by atomic mass is 10.4. The summed E-state index contributed by atoms with van der Waals surface area (Å²) in [5, 5.41) is 0. The second-order valence-electron chi connectivity index (χ2n) is 4.30. The smallest absolute Gasteiger partial charge is 0.247 e. The van der Waals surface area contributed by atoms with Crippen molar-refractivity contribution in [3.8, 4) is 0 Å². The largest absolute Gasteiger partial charge is 0.342 e. The molecular weight excluding hydrogens is 270 g/mol. The number of nitrogens with one attached hydrogen (secondary N) is 2. The van der Waals surface area contributed by atoms with E-state index in [2.05, 4.69) is 9.71 Å². The summed E-state index contributed by atoms with van der Waals surface area (Å²) in [6.07, 6.45) is 3.02. The van der Waals surface area contributed by atoms with Gasteiger partial charge in [0.05, 0.1) is 11.4 Å². The highest BCUT2D eigenvalue weighted by Gasteiger charge is 2.21. The fourth-order valence-electron chi connectivity index (χ4n) is 1.88. The summed E-state index contributed by atoms with van der Waals surface area (Å²) in [4.78, 5) is 26.4. The fourth-order valence-corrected chi connectivity index (χ4v) is 2.82. The van der Waals surface area contributed by atoms with E-state index in [9.17, 15) is 18.0 Å². The molecule has 0 aliphatic carbocycles. The molecule has 1 aromatic rings. The van der Waals surface area contributed by atoms with Gasteiger partial charge in [-0.3, -0.25) is 9.59 Å². The molecular formula is C11H15N3O4S. The van der Waals surface area contributed by atoms with E-state index >= 15 is 0 Å². The van der Waals surface area contributed by atoms with Gasteiger partial charge in [-0.2, -0.15) is 0 Å². The molecule has 2 heterocycles. The van der Waals surface area contributed by atoms with E-state index in [0.29, 0.717) is 13.1 Å². The van der Waals surface area contributed by atoms with Crippen LogP contribution in [0.5, 0.6) is 0 Å². The maximum atomic E-state index is 11.9. The van der Waals surface area contributed by atoms with Crippen LogP contribution < -0.4 is 10.3 Å². The van der Waals surface area contributed by atoms with Gasteiger partial charge in [-0.25, -0.2) is 13.1 Å². The molecule has 2 N–H and O–H groups in total. The number of H-pyrrole nitrogens is 1. The number of carbonyl (C=O) groups excluding carboxylic acids is 1. The number of carbonyl (C=O) groups is 1. The van der Waals surface area contributed by atoms with Gasteiger partial charge in [-0.05, 0) is 18.9 Å². The minimum Gasteiger partial charge on any atom is -0.342 e. The third kappa shape index (κ3) is 3.42. The molecule has 0 aromatic carbocycles. The van der Waals surface area contributed by atoms with E-state index in [0.717, 1.165) is 25.1 Å². The first-order valence-corrected chi connectivity index (χ1v) is 7.43. The summed E-state index contributed by atoms with van der Waals surface area (Å²) in [5.41, 5.74) is -0.382. The zero-order valence-electron chi connectivity index (χ0n) is 10.3. The number of sulfonamides is 1. The van der Waals surface area contributed by atoms with Crippen LogP contribution in [-0.2, 0) is 14.8 Å². The number of hydrogen-bond acceptors (Lipinski definition) is 4. The number of aromatic nitrogens is 1. The zero-order chi connectivity index (χ0) is 13.9. The topological polar surface area (TPSA) is 99.3 Å². The predicted molar refractivity (Wildman–Crippen MR) is 68.1 cm³/mol. The van der Waals surface area contributed by atoms with Crippen LogP contribution in [0.4, 0.5) is 0 Å². The molecule has 2 rings (SSSR count). The van der Waals surface area contributed by atoms with E-state index < -0.39 is 10.0 Å². The van der Waals surface area contributed by atoms with Crippen LogP contribution in [0.3, 0.4) is 0 Å². The van der Waals surface area contributed by atoms with Gasteiger partial charge < -0.3 is 9.88 Å². The molecule has 1 fully saturated rings. The molecule has 104 valence electrons. The quantitative estimate of drug-likeness (QED) is 0.762. The van der Waals surface area contributed by atoms with E-state index in [1.807, 2.05) is 0 Å². The molecule has 1 saturated heterocycles. The number of rotatable bonds is 4. The highest BCUT2D eigenvalue weighted by Crippen LogP contribution is 2.08. The van der Waals surface area contributed by atoms with E-state index in [-0.39, 0.29) is 22.9 Å². The number of amides is 1. The van der Waals surface area contributed by atoms with E-state index in [1.165, 1.54) is 6.07 Å². The van der Waals surface area contributed by atoms with Crippen LogP contribution in [0.2, 0.25) is 0 Å². The summed E-state index contributed by atoms with van der Waals surface area (Å²) in [6.45, 7) is 1.10. The fraction of sp³-hybridized carbons (Fsp3) is 0.455. The Morgan fingerprint density at radius 2 is 2.00 bits per heavy atom. The van der Waals surface area contributed by atoms with Gasteiger partial charge in [0.15, 0.2) is 0 Å². The van der Waals surface area contributed by atoms with Crippen LogP contribution in [-0.4, -0.2) is 43.8 Å². The monoisotopic (exact) mass is 285 g/mol. The summed E-state index contributed by atoms with van der Waals surface area (Å²) in [5.74, 6) is -0.231. The molecule has 0 spiro atoms. The third-order valence-corrected chi connectivity index (χ3v) is 4.34. The van der Waals surface area contributed by atoms with Gasteiger partial charge in [-0.15, -0.1) is 0 Å². The van der Waals surface area contributed by atoms with Gasteiger partial charge in [0.2, 0.25) is 21.5 Å². The Labute approximate surface area is 110 Å². The Bertz CT molecular complexity index is 597. The number of likely N-dealkylation sites (tertiary alicyclic amines) is 1. The SMILES string of the molecule is O=C(CNS(=O)(=O)c1ccc(=O)[nH]c1)N1CCCC1. The van der Waals surface area contributed by atoms with Crippen molar-refractivity contribution in [2.45, 2.75) is 17.7 Å². The Morgan fingerprint density at radius 3 is 2.58 bits per heavy atom. The average Bonchev–Trinajstić information content (AvgIpc) is 2.90. The van der Waals surface area contributed by atoms with E-state index in [4.69, 9.17) is 0 Å². The molecule has 0 saturated carbocycles. The molecule has 7 nitrogen and oxygen atoms in total. The lowest BCUT2D eigenvalue weighted by Crippen LogP contribution is -2.38. The Balaban J connectivity index is 1.99. The lowest BCUT2D eigenvalue weighted by Gasteiger charge is -2.15. The summed E-state index contributed by atoms with van der Waals surface area (Å²) in [7, 11) is -3.77. The van der Waals surface area contributed by atoms with Crippen LogP contribution in [0, 0.1) is 0 Å². The molecule has 1 amide bonds. The second-order valence-corrected chi connectivity index (χ2v) is 6.07.